The Morgan fingerprint density at radius 1 is 1.00 bits per heavy atom. The molecule has 1 aliphatic heterocycles. The van der Waals surface area contributed by atoms with Gasteiger partial charge in [-0.05, 0) is 42.7 Å². The highest BCUT2D eigenvalue weighted by Gasteiger charge is 2.19. The average molecular weight is 437 g/mol. The highest BCUT2D eigenvalue weighted by Crippen LogP contribution is 2.27. The van der Waals surface area contributed by atoms with E-state index in [4.69, 9.17) is 16.3 Å². The number of morpholine rings is 1. The van der Waals surface area contributed by atoms with E-state index in [0.717, 1.165) is 73.9 Å². The van der Waals surface area contributed by atoms with Gasteiger partial charge in [0.05, 0.1) is 13.2 Å². The number of aromatic nitrogens is 1. The maximum Gasteiger partial charge on any atom is 0.169 e. The van der Waals surface area contributed by atoms with Crippen LogP contribution in [0.3, 0.4) is 0 Å². The molecule has 31 heavy (non-hydrogen) atoms. The fourth-order valence-corrected chi connectivity index (χ4v) is 4.48. The predicted molar refractivity (Wildman–Crippen MR) is 126 cm³/mol. The third kappa shape index (κ3) is 5.45. The molecule has 0 amide bonds. The van der Waals surface area contributed by atoms with Gasteiger partial charge < -0.3 is 9.30 Å². The third-order valence-corrected chi connectivity index (χ3v) is 6.19. The molecule has 0 saturated carbocycles. The van der Waals surface area contributed by atoms with Gasteiger partial charge in [0.15, 0.2) is 5.78 Å². The summed E-state index contributed by atoms with van der Waals surface area (Å²) in [5.74, 6) is 0.129. The number of carbonyl (C=O) groups is 1. The number of ether oxygens (including phenoxy) is 1. The lowest BCUT2D eigenvalue weighted by Gasteiger charge is -2.26. The zero-order chi connectivity index (χ0) is 21.6. The minimum absolute atomic E-state index is 0.129. The number of hydrogen-bond donors (Lipinski definition) is 0. The molecule has 162 valence electrons. The lowest BCUT2D eigenvalue weighted by molar-refractivity contribution is 0.0369. The van der Waals surface area contributed by atoms with Gasteiger partial charge >= 0.3 is 0 Å². The summed E-state index contributed by atoms with van der Waals surface area (Å²) in [6, 6.07) is 19.9. The van der Waals surface area contributed by atoms with Crippen molar-refractivity contribution in [2.24, 2.45) is 0 Å². The molecule has 4 rings (SSSR count). The van der Waals surface area contributed by atoms with Gasteiger partial charge in [-0.25, -0.2) is 0 Å². The van der Waals surface area contributed by atoms with Crippen LogP contribution in [0.25, 0.3) is 11.3 Å². The molecule has 3 aromatic rings. The summed E-state index contributed by atoms with van der Waals surface area (Å²) < 4.78 is 7.76. The smallest absolute Gasteiger partial charge is 0.169 e. The Balaban J connectivity index is 1.56. The minimum Gasteiger partial charge on any atom is -0.379 e. The maximum absolute atomic E-state index is 13.2. The van der Waals surface area contributed by atoms with Crippen LogP contribution in [0.2, 0.25) is 5.02 Å². The van der Waals surface area contributed by atoms with Gasteiger partial charge in [-0.3, -0.25) is 9.69 Å². The van der Waals surface area contributed by atoms with Crippen molar-refractivity contribution >= 4 is 17.4 Å². The van der Waals surface area contributed by atoms with Crippen molar-refractivity contribution in [1.82, 2.24) is 9.47 Å². The molecule has 2 aromatic carbocycles. The van der Waals surface area contributed by atoms with E-state index in [2.05, 4.69) is 34.6 Å². The normalized spacial score (nSPS) is 14.6. The highest BCUT2D eigenvalue weighted by atomic mass is 35.5. The number of rotatable bonds is 8. The monoisotopic (exact) mass is 436 g/mol. The first-order valence-corrected chi connectivity index (χ1v) is 11.3. The van der Waals surface area contributed by atoms with E-state index in [-0.39, 0.29) is 5.78 Å². The summed E-state index contributed by atoms with van der Waals surface area (Å²) in [5.41, 5.74) is 5.02. The van der Waals surface area contributed by atoms with Crippen molar-refractivity contribution in [2.45, 2.75) is 26.3 Å². The predicted octanol–water partition coefficient (Wildman–Crippen LogP) is 5.26. The summed E-state index contributed by atoms with van der Waals surface area (Å²) in [4.78, 5) is 15.6. The van der Waals surface area contributed by atoms with Gasteiger partial charge in [0, 0.05) is 54.6 Å². The van der Waals surface area contributed by atoms with Crippen molar-refractivity contribution in [3.8, 4) is 11.3 Å². The van der Waals surface area contributed by atoms with Crippen LogP contribution in [0, 0.1) is 6.92 Å². The molecule has 0 atom stereocenters. The molecule has 0 unspecified atom stereocenters. The second-order valence-corrected chi connectivity index (χ2v) is 8.52. The first-order chi connectivity index (χ1) is 15.1. The average Bonchev–Trinajstić information content (AvgIpc) is 3.12. The number of Topliss-reactive ketones (excluding diaryl/α,β-unsaturated/α-hetero) is 1. The second-order valence-electron chi connectivity index (χ2n) is 8.08. The minimum atomic E-state index is 0.129. The van der Waals surface area contributed by atoms with E-state index in [0.29, 0.717) is 11.4 Å². The zero-order valence-corrected chi connectivity index (χ0v) is 18.8. The Bertz CT molecular complexity index is 1020. The van der Waals surface area contributed by atoms with Crippen LogP contribution in [-0.2, 0) is 17.7 Å². The van der Waals surface area contributed by atoms with Crippen molar-refractivity contribution < 1.29 is 9.53 Å². The lowest BCUT2D eigenvalue weighted by atomic mass is 10.0. The number of halogens is 1. The van der Waals surface area contributed by atoms with Crippen LogP contribution in [0.1, 0.15) is 28.0 Å². The Hall–Kier alpha value is -2.40. The van der Waals surface area contributed by atoms with E-state index in [9.17, 15) is 4.79 Å². The summed E-state index contributed by atoms with van der Waals surface area (Å²) in [7, 11) is 0. The molecule has 1 aliphatic rings. The Kier molecular flexibility index (Phi) is 7.23. The van der Waals surface area contributed by atoms with Crippen LogP contribution < -0.4 is 0 Å². The number of ketones is 1. The second kappa shape index (κ2) is 10.3. The Morgan fingerprint density at radius 3 is 2.52 bits per heavy atom. The molecular formula is C26H29ClN2O2. The number of benzene rings is 2. The molecule has 0 aliphatic carbocycles. The van der Waals surface area contributed by atoms with Gasteiger partial charge in [-0.2, -0.15) is 0 Å². The molecule has 0 spiro atoms. The standard InChI is InChI=1S/C26H29ClN2O2/c1-20-24(26(30)18-21-7-5-10-23(27)17-21)19-25(22-8-3-2-4-9-22)29(20)12-6-11-28-13-15-31-16-14-28/h2-5,7-10,17,19H,6,11-16,18H2,1H3. The molecular weight excluding hydrogens is 408 g/mol. The molecule has 0 bridgehead atoms. The number of carbonyl (C=O) groups excluding carboxylic acids is 1. The Labute approximate surface area is 189 Å². The van der Waals surface area contributed by atoms with Crippen molar-refractivity contribution in [1.29, 1.82) is 0 Å². The summed E-state index contributed by atoms with van der Waals surface area (Å²) in [6.07, 6.45) is 1.39. The third-order valence-electron chi connectivity index (χ3n) is 5.95. The zero-order valence-electron chi connectivity index (χ0n) is 18.0. The van der Waals surface area contributed by atoms with E-state index in [1.165, 1.54) is 0 Å². The molecule has 4 nitrogen and oxygen atoms in total. The van der Waals surface area contributed by atoms with E-state index < -0.39 is 0 Å². The number of hydrogen-bond acceptors (Lipinski definition) is 3. The van der Waals surface area contributed by atoms with Crippen molar-refractivity contribution in [3.63, 3.8) is 0 Å². The van der Waals surface area contributed by atoms with Gasteiger partial charge in [0.25, 0.3) is 0 Å². The molecule has 5 heteroatoms. The van der Waals surface area contributed by atoms with E-state index >= 15 is 0 Å². The maximum atomic E-state index is 13.2. The lowest BCUT2D eigenvalue weighted by Crippen LogP contribution is -2.37. The molecule has 1 aromatic heterocycles. The summed E-state index contributed by atoms with van der Waals surface area (Å²) >= 11 is 6.11. The Morgan fingerprint density at radius 2 is 1.77 bits per heavy atom. The molecule has 1 saturated heterocycles. The molecule has 0 N–H and O–H groups in total. The van der Waals surface area contributed by atoms with E-state index in [1.807, 2.05) is 42.5 Å². The van der Waals surface area contributed by atoms with Gasteiger partial charge in [-0.15, -0.1) is 0 Å². The highest BCUT2D eigenvalue weighted by molar-refractivity contribution is 6.30. The summed E-state index contributed by atoms with van der Waals surface area (Å²) in [6.45, 7) is 7.63. The first-order valence-electron chi connectivity index (χ1n) is 10.9. The van der Waals surface area contributed by atoms with Gasteiger partial charge in [0.2, 0.25) is 0 Å². The first kappa shape index (κ1) is 21.8. The van der Waals surface area contributed by atoms with Crippen molar-refractivity contribution in [2.75, 3.05) is 32.8 Å². The molecule has 1 fully saturated rings. The van der Waals surface area contributed by atoms with Crippen LogP contribution in [-0.4, -0.2) is 48.1 Å². The fraction of sp³-hybridized carbons (Fsp3) is 0.346. The van der Waals surface area contributed by atoms with Crippen molar-refractivity contribution in [3.05, 3.63) is 82.5 Å². The fourth-order valence-electron chi connectivity index (χ4n) is 4.27. The number of nitrogens with zero attached hydrogens (tertiary/aromatic N) is 2. The van der Waals surface area contributed by atoms with Gasteiger partial charge in [-0.1, -0.05) is 54.1 Å². The summed E-state index contributed by atoms with van der Waals surface area (Å²) in [5, 5.41) is 0.660. The van der Waals surface area contributed by atoms with E-state index in [1.54, 1.807) is 0 Å². The van der Waals surface area contributed by atoms with Crippen LogP contribution in [0.15, 0.2) is 60.7 Å². The quantitative estimate of drug-likeness (QED) is 0.451. The molecule has 2 heterocycles. The SMILES string of the molecule is Cc1c(C(=O)Cc2cccc(Cl)c2)cc(-c2ccccc2)n1CCCN1CCOCC1. The van der Waals surface area contributed by atoms with Gasteiger partial charge in [0.1, 0.15) is 0 Å². The molecule has 0 radical (unpaired) electrons. The van der Waals surface area contributed by atoms with Crippen LogP contribution in [0.4, 0.5) is 0 Å². The topological polar surface area (TPSA) is 34.5 Å². The van der Waals surface area contributed by atoms with Crippen LogP contribution in [0.5, 0.6) is 0 Å². The largest absolute Gasteiger partial charge is 0.379 e. The van der Waals surface area contributed by atoms with Crippen LogP contribution >= 0.6 is 11.6 Å².